The van der Waals surface area contributed by atoms with Gasteiger partial charge in [-0.15, -0.1) is 0 Å². The van der Waals surface area contributed by atoms with Crippen LogP contribution in [-0.2, 0) is 17.9 Å². The Labute approximate surface area is 170 Å². The lowest BCUT2D eigenvalue weighted by molar-refractivity contribution is -0.122. The molecule has 0 aliphatic rings. The van der Waals surface area contributed by atoms with Crippen molar-refractivity contribution in [1.29, 1.82) is 0 Å². The van der Waals surface area contributed by atoms with Gasteiger partial charge in [0.2, 0.25) is 5.91 Å². The average Bonchev–Trinajstić information content (AvgIpc) is 2.74. The van der Waals surface area contributed by atoms with Gasteiger partial charge in [0.1, 0.15) is 18.2 Å². The largest absolute Gasteiger partial charge is 0.493 e. The summed E-state index contributed by atoms with van der Waals surface area (Å²) in [4.78, 5) is 24.3. The molecular weight excluding hydrogens is 396 g/mol. The molecule has 0 atom stereocenters. The Hall–Kier alpha value is -3.75. The second kappa shape index (κ2) is 9.17. The molecular formula is C21H19F2N3O4. The van der Waals surface area contributed by atoms with E-state index in [1.807, 2.05) is 0 Å². The number of benzene rings is 2. The van der Waals surface area contributed by atoms with Crippen molar-refractivity contribution >= 4 is 5.91 Å². The van der Waals surface area contributed by atoms with Crippen molar-refractivity contribution in [3.05, 3.63) is 76.1 Å². The highest BCUT2D eigenvalue weighted by Gasteiger charge is 2.11. The lowest BCUT2D eigenvalue weighted by Gasteiger charge is -2.11. The quantitative estimate of drug-likeness (QED) is 0.641. The van der Waals surface area contributed by atoms with E-state index in [-0.39, 0.29) is 18.7 Å². The molecule has 0 bridgehead atoms. The summed E-state index contributed by atoms with van der Waals surface area (Å²) in [6.45, 7) is -0.502. The Morgan fingerprint density at radius 2 is 1.80 bits per heavy atom. The molecule has 7 nitrogen and oxygen atoms in total. The number of ether oxygens (including phenoxy) is 2. The molecule has 0 saturated heterocycles. The van der Waals surface area contributed by atoms with Gasteiger partial charge in [0.15, 0.2) is 11.5 Å². The lowest BCUT2D eigenvalue weighted by atomic mass is 10.1. The zero-order chi connectivity index (χ0) is 21.7. The Morgan fingerprint density at radius 1 is 1.03 bits per heavy atom. The number of hydrogen-bond donors (Lipinski definition) is 1. The van der Waals surface area contributed by atoms with Gasteiger partial charge >= 0.3 is 0 Å². The van der Waals surface area contributed by atoms with Crippen molar-refractivity contribution in [2.75, 3.05) is 14.2 Å². The Kier molecular flexibility index (Phi) is 6.41. The highest BCUT2D eigenvalue weighted by Crippen LogP contribution is 2.31. The summed E-state index contributed by atoms with van der Waals surface area (Å²) < 4.78 is 38.1. The molecule has 1 amide bonds. The standard InChI is InChI=1S/C21H19F2N3O4/c1-29-18-7-4-13(9-19(18)30-2)17-6-8-21(28)26(25-17)12-20(27)24-11-14-3-5-15(22)10-16(14)23/h3-10H,11-12H2,1-2H3,(H,24,27). The summed E-state index contributed by atoms with van der Waals surface area (Å²) in [7, 11) is 3.02. The smallest absolute Gasteiger partial charge is 0.267 e. The molecule has 30 heavy (non-hydrogen) atoms. The molecule has 0 saturated carbocycles. The molecule has 3 rings (SSSR count). The number of hydrogen-bond acceptors (Lipinski definition) is 5. The second-order valence-corrected chi connectivity index (χ2v) is 6.30. The SMILES string of the molecule is COc1ccc(-c2ccc(=O)n(CC(=O)NCc3ccc(F)cc3F)n2)cc1OC. The van der Waals surface area contributed by atoms with Crippen molar-refractivity contribution in [1.82, 2.24) is 15.1 Å². The van der Waals surface area contributed by atoms with Gasteiger partial charge in [-0.05, 0) is 30.3 Å². The van der Waals surface area contributed by atoms with Crippen molar-refractivity contribution in [2.45, 2.75) is 13.1 Å². The summed E-state index contributed by atoms with van der Waals surface area (Å²) in [6, 6.07) is 11.1. The number of aromatic nitrogens is 2. The molecule has 156 valence electrons. The van der Waals surface area contributed by atoms with E-state index in [0.29, 0.717) is 22.8 Å². The van der Waals surface area contributed by atoms with Crippen LogP contribution in [-0.4, -0.2) is 29.9 Å². The van der Waals surface area contributed by atoms with Crippen LogP contribution < -0.4 is 20.3 Å². The number of amides is 1. The molecule has 9 heteroatoms. The minimum absolute atomic E-state index is 0.129. The molecule has 0 unspecified atom stereocenters. The van der Waals surface area contributed by atoms with Gasteiger partial charge in [0.05, 0.1) is 19.9 Å². The molecule has 0 spiro atoms. The van der Waals surface area contributed by atoms with Crippen LogP contribution in [0.2, 0.25) is 0 Å². The maximum atomic E-state index is 13.7. The maximum Gasteiger partial charge on any atom is 0.267 e. The number of rotatable bonds is 7. The van der Waals surface area contributed by atoms with Gasteiger partial charge < -0.3 is 14.8 Å². The zero-order valence-corrected chi connectivity index (χ0v) is 16.3. The fourth-order valence-electron chi connectivity index (χ4n) is 2.76. The zero-order valence-electron chi connectivity index (χ0n) is 16.3. The molecule has 1 aromatic heterocycles. The average molecular weight is 415 g/mol. The highest BCUT2D eigenvalue weighted by molar-refractivity contribution is 5.75. The van der Waals surface area contributed by atoms with Gasteiger partial charge in [-0.2, -0.15) is 5.10 Å². The van der Waals surface area contributed by atoms with Crippen LogP contribution in [0, 0.1) is 11.6 Å². The molecule has 2 aromatic carbocycles. The first-order chi connectivity index (χ1) is 14.4. The van der Waals surface area contributed by atoms with Crippen LogP contribution in [0.1, 0.15) is 5.56 Å². The minimum atomic E-state index is -0.763. The van der Waals surface area contributed by atoms with Gasteiger partial charge in [-0.25, -0.2) is 13.5 Å². The lowest BCUT2D eigenvalue weighted by Crippen LogP contribution is -2.33. The van der Waals surface area contributed by atoms with E-state index in [1.165, 1.54) is 32.4 Å². The topological polar surface area (TPSA) is 82.5 Å². The molecule has 1 heterocycles. The number of halogens is 2. The first-order valence-corrected chi connectivity index (χ1v) is 8.92. The van der Waals surface area contributed by atoms with Crippen LogP contribution in [0.25, 0.3) is 11.3 Å². The summed E-state index contributed by atoms with van der Waals surface area (Å²) >= 11 is 0. The van der Waals surface area contributed by atoms with Crippen molar-refractivity contribution < 1.29 is 23.0 Å². The van der Waals surface area contributed by atoms with Crippen LogP contribution in [0.3, 0.4) is 0 Å². The molecule has 0 fully saturated rings. The highest BCUT2D eigenvalue weighted by atomic mass is 19.1. The van der Waals surface area contributed by atoms with Gasteiger partial charge in [0, 0.05) is 29.8 Å². The van der Waals surface area contributed by atoms with E-state index >= 15 is 0 Å². The van der Waals surface area contributed by atoms with Gasteiger partial charge in [0.25, 0.3) is 5.56 Å². The van der Waals surface area contributed by atoms with E-state index in [4.69, 9.17) is 9.47 Å². The molecule has 0 aliphatic carbocycles. The van der Waals surface area contributed by atoms with E-state index in [0.717, 1.165) is 16.8 Å². The molecule has 1 N–H and O–H groups in total. The molecule has 3 aromatic rings. The van der Waals surface area contributed by atoms with Crippen LogP contribution in [0.4, 0.5) is 8.78 Å². The number of nitrogens with zero attached hydrogens (tertiary/aromatic N) is 2. The van der Waals surface area contributed by atoms with Crippen LogP contribution in [0.15, 0.2) is 53.3 Å². The van der Waals surface area contributed by atoms with Crippen LogP contribution in [0.5, 0.6) is 11.5 Å². The predicted octanol–water partition coefficient (Wildman–Crippen LogP) is 2.52. The van der Waals surface area contributed by atoms with E-state index in [1.54, 1.807) is 18.2 Å². The third kappa shape index (κ3) is 4.80. The predicted molar refractivity (Wildman–Crippen MR) is 105 cm³/mol. The van der Waals surface area contributed by atoms with Crippen molar-refractivity contribution in [3.63, 3.8) is 0 Å². The normalized spacial score (nSPS) is 10.5. The van der Waals surface area contributed by atoms with Crippen molar-refractivity contribution in [2.24, 2.45) is 0 Å². The molecule has 0 aliphatic heterocycles. The first kappa shape index (κ1) is 21.0. The Balaban J connectivity index is 1.75. The summed E-state index contributed by atoms with van der Waals surface area (Å²) in [6.07, 6.45) is 0. The summed E-state index contributed by atoms with van der Waals surface area (Å²) in [5.41, 5.74) is 0.773. The third-order valence-electron chi connectivity index (χ3n) is 4.33. The monoisotopic (exact) mass is 415 g/mol. The fraction of sp³-hybridized carbons (Fsp3) is 0.190. The van der Waals surface area contributed by atoms with E-state index in [2.05, 4.69) is 10.4 Å². The fourth-order valence-corrected chi connectivity index (χ4v) is 2.76. The van der Waals surface area contributed by atoms with E-state index < -0.39 is 23.1 Å². The number of nitrogens with one attached hydrogen (secondary N) is 1. The van der Waals surface area contributed by atoms with Gasteiger partial charge in [-0.1, -0.05) is 6.07 Å². The first-order valence-electron chi connectivity index (χ1n) is 8.92. The number of carbonyl (C=O) groups is 1. The minimum Gasteiger partial charge on any atom is -0.493 e. The second-order valence-electron chi connectivity index (χ2n) is 6.30. The Morgan fingerprint density at radius 3 is 2.50 bits per heavy atom. The Bertz CT molecular complexity index is 1130. The summed E-state index contributed by atoms with van der Waals surface area (Å²) in [5.74, 6) is -0.972. The number of methoxy groups -OCH3 is 2. The van der Waals surface area contributed by atoms with Crippen LogP contribution >= 0.6 is 0 Å². The van der Waals surface area contributed by atoms with Crippen molar-refractivity contribution in [3.8, 4) is 22.8 Å². The van der Waals surface area contributed by atoms with Gasteiger partial charge in [-0.3, -0.25) is 9.59 Å². The summed E-state index contributed by atoms with van der Waals surface area (Å²) in [5, 5.41) is 6.71. The number of carbonyl (C=O) groups excluding carboxylic acids is 1. The maximum absolute atomic E-state index is 13.7. The third-order valence-corrected chi connectivity index (χ3v) is 4.33. The van der Waals surface area contributed by atoms with E-state index in [9.17, 15) is 18.4 Å². The molecule has 0 radical (unpaired) electrons.